The average molecular weight is 211 g/mol. The van der Waals surface area contributed by atoms with Crippen LogP contribution >= 0.6 is 0 Å². The first-order valence-electron chi connectivity index (χ1n) is 6.64. The molecule has 0 aromatic carbocycles. The van der Waals surface area contributed by atoms with E-state index in [4.69, 9.17) is 0 Å². The summed E-state index contributed by atoms with van der Waals surface area (Å²) in [7, 11) is 0. The lowest BCUT2D eigenvalue weighted by atomic mass is 10.1. The molecule has 89 valence electrons. The van der Waals surface area contributed by atoms with Gasteiger partial charge < -0.3 is 4.79 Å². The van der Waals surface area contributed by atoms with Gasteiger partial charge in [-0.1, -0.05) is 71.1 Å². The van der Waals surface area contributed by atoms with Gasteiger partial charge in [0.2, 0.25) is 0 Å². The average Bonchev–Trinajstić information content (AvgIpc) is 2.26. The van der Waals surface area contributed by atoms with E-state index in [1.165, 1.54) is 57.8 Å². The van der Waals surface area contributed by atoms with Crippen molar-refractivity contribution in [2.75, 3.05) is 0 Å². The van der Waals surface area contributed by atoms with Crippen molar-refractivity contribution < 1.29 is 4.79 Å². The Hall–Kier alpha value is -0.330. The predicted molar refractivity (Wildman–Crippen MR) is 66.8 cm³/mol. The monoisotopic (exact) mass is 211 g/mol. The Balaban J connectivity index is 2.83. The van der Waals surface area contributed by atoms with Gasteiger partial charge >= 0.3 is 0 Å². The minimum absolute atomic E-state index is 0.755. The van der Waals surface area contributed by atoms with Crippen LogP contribution in [0.15, 0.2) is 0 Å². The van der Waals surface area contributed by atoms with Crippen molar-refractivity contribution in [1.82, 2.24) is 0 Å². The van der Waals surface area contributed by atoms with E-state index >= 15 is 0 Å². The molecule has 0 atom stereocenters. The molecule has 0 saturated heterocycles. The molecule has 0 aliphatic rings. The van der Waals surface area contributed by atoms with Crippen LogP contribution in [-0.4, -0.2) is 6.29 Å². The van der Waals surface area contributed by atoms with Crippen LogP contribution in [0.25, 0.3) is 0 Å². The summed E-state index contributed by atoms with van der Waals surface area (Å²) in [5.41, 5.74) is 0. The molecule has 0 aliphatic heterocycles. The molecule has 15 heavy (non-hydrogen) atoms. The maximum Gasteiger partial charge on any atom is 0.119 e. The second kappa shape index (κ2) is 13.7. The SMILES string of the molecule is [CH2]CCCCCCCCCCCCC=O. The Bertz CT molecular complexity index is 121. The Morgan fingerprint density at radius 1 is 0.667 bits per heavy atom. The van der Waals surface area contributed by atoms with Crippen LogP contribution in [0.3, 0.4) is 0 Å². The van der Waals surface area contributed by atoms with Crippen molar-refractivity contribution in [2.24, 2.45) is 0 Å². The van der Waals surface area contributed by atoms with Crippen LogP contribution in [0.5, 0.6) is 0 Å². The van der Waals surface area contributed by atoms with Crippen molar-refractivity contribution in [1.29, 1.82) is 0 Å². The third-order valence-corrected chi connectivity index (χ3v) is 2.82. The van der Waals surface area contributed by atoms with Crippen LogP contribution in [-0.2, 0) is 4.79 Å². The molecule has 1 nitrogen and oxygen atoms in total. The van der Waals surface area contributed by atoms with Gasteiger partial charge in [-0.3, -0.25) is 0 Å². The van der Waals surface area contributed by atoms with E-state index in [0.29, 0.717) is 0 Å². The van der Waals surface area contributed by atoms with Gasteiger partial charge in [-0.15, -0.1) is 0 Å². The Labute approximate surface area is 95.6 Å². The molecule has 0 heterocycles. The lowest BCUT2D eigenvalue weighted by Crippen LogP contribution is -1.82. The molecule has 0 aliphatic carbocycles. The minimum atomic E-state index is 0.755. The number of hydrogen-bond donors (Lipinski definition) is 0. The van der Waals surface area contributed by atoms with E-state index in [1.807, 2.05) is 0 Å². The highest BCUT2D eigenvalue weighted by Gasteiger charge is 1.92. The number of rotatable bonds is 12. The quantitative estimate of drug-likeness (QED) is 0.338. The molecule has 0 bridgehead atoms. The summed E-state index contributed by atoms with van der Waals surface area (Å²) < 4.78 is 0. The number of aldehydes is 1. The van der Waals surface area contributed by atoms with Crippen molar-refractivity contribution >= 4 is 6.29 Å². The molecule has 0 spiro atoms. The summed E-state index contributed by atoms with van der Waals surface area (Å²) in [5, 5.41) is 0. The summed E-state index contributed by atoms with van der Waals surface area (Å²) >= 11 is 0. The molecule has 0 fully saturated rings. The Kier molecular flexibility index (Phi) is 13.4. The number of hydrogen-bond acceptors (Lipinski definition) is 1. The summed E-state index contributed by atoms with van der Waals surface area (Å²) in [6.45, 7) is 3.84. The van der Waals surface area contributed by atoms with Crippen LogP contribution in [0, 0.1) is 6.92 Å². The number of unbranched alkanes of at least 4 members (excludes halogenated alkanes) is 11. The van der Waals surface area contributed by atoms with E-state index in [1.54, 1.807) is 0 Å². The van der Waals surface area contributed by atoms with Crippen LogP contribution in [0.4, 0.5) is 0 Å². The third-order valence-electron chi connectivity index (χ3n) is 2.82. The fourth-order valence-electron chi connectivity index (χ4n) is 1.82. The second-order valence-corrected chi connectivity index (χ2v) is 4.34. The smallest absolute Gasteiger partial charge is 0.119 e. The van der Waals surface area contributed by atoms with Gasteiger partial charge in [-0.05, 0) is 6.42 Å². The van der Waals surface area contributed by atoms with E-state index in [9.17, 15) is 4.79 Å². The zero-order chi connectivity index (χ0) is 11.2. The van der Waals surface area contributed by atoms with Gasteiger partial charge in [0.1, 0.15) is 6.29 Å². The zero-order valence-electron chi connectivity index (χ0n) is 10.2. The standard InChI is InChI=1S/C14H27O/c1-2-3-4-5-6-7-8-9-10-11-12-13-14-15/h14H,1-13H2. The molecule has 0 saturated carbocycles. The fraction of sp³-hybridized carbons (Fsp3) is 0.857. The van der Waals surface area contributed by atoms with Crippen molar-refractivity contribution in [2.45, 2.75) is 77.0 Å². The van der Waals surface area contributed by atoms with Gasteiger partial charge in [0, 0.05) is 6.42 Å². The van der Waals surface area contributed by atoms with Crippen molar-refractivity contribution in [3.05, 3.63) is 6.92 Å². The maximum atomic E-state index is 10.1. The molecular formula is C14H27O. The van der Waals surface area contributed by atoms with Gasteiger partial charge in [0.25, 0.3) is 0 Å². The van der Waals surface area contributed by atoms with E-state index < -0.39 is 0 Å². The maximum absolute atomic E-state index is 10.1. The topological polar surface area (TPSA) is 17.1 Å². The third kappa shape index (κ3) is 13.7. The molecule has 0 N–H and O–H groups in total. The summed E-state index contributed by atoms with van der Waals surface area (Å²) in [5.74, 6) is 0. The molecule has 1 radical (unpaired) electrons. The normalized spacial score (nSPS) is 10.5. The van der Waals surface area contributed by atoms with Gasteiger partial charge in [-0.25, -0.2) is 0 Å². The highest BCUT2D eigenvalue weighted by atomic mass is 16.1. The molecule has 0 rings (SSSR count). The second-order valence-electron chi connectivity index (χ2n) is 4.34. The molecule has 0 aromatic heterocycles. The largest absolute Gasteiger partial charge is 0.303 e. The van der Waals surface area contributed by atoms with E-state index in [-0.39, 0.29) is 0 Å². The summed E-state index contributed by atoms with van der Waals surface area (Å²) in [6.07, 6.45) is 16.1. The summed E-state index contributed by atoms with van der Waals surface area (Å²) in [4.78, 5) is 10.1. The van der Waals surface area contributed by atoms with Crippen LogP contribution in [0.2, 0.25) is 0 Å². The van der Waals surface area contributed by atoms with Crippen molar-refractivity contribution in [3.63, 3.8) is 0 Å². The van der Waals surface area contributed by atoms with E-state index in [0.717, 1.165) is 25.5 Å². The first kappa shape index (κ1) is 14.7. The Morgan fingerprint density at radius 3 is 1.47 bits per heavy atom. The Morgan fingerprint density at radius 2 is 1.07 bits per heavy atom. The molecule has 0 aromatic rings. The highest BCUT2D eigenvalue weighted by molar-refractivity contribution is 5.48. The lowest BCUT2D eigenvalue weighted by molar-refractivity contribution is -0.107. The van der Waals surface area contributed by atoms with Gasteiger partial charge in [-0.2, -0.15) is 0 Å². The van der Waals surface area contributed by atoms with Crippen LogP contribution < -0.4 is 0 Å². The molecule has 0 amide bonds. The first-order chi connectivity index (χ1) is 7.41. The number of carbonyl (C=O) groups is 1. The first-order valence-corrected chi connectivity index (χ1v) is 6.64. The fourth-order valence-corrected chi connectivity index (χ4v) is 1.82. The van der Waals surface area contributed by atoms with Crippen LogP contribution in [0.1, 0.15) is 77.0 Å². The molecule has 0 unspecified atom stereocenters. The van der Waals surface area contributed by atoms with E-state index in [2.05, 4.69) is 6.92 Å². The van der Waals surface area contributed by atoms with Gasteiger partial charge in [0.05, 0.1) is 0 Å². The highest BCUT2D eigenvalue weighted by Crippen LogP contribution is 2.11. The summed E-state index contributed by atoms with van der Waals surface area (Å²) in [6, 6.07) is 0. The minimum Gasteiger partial charge on any atom is -0.303 e. The van der Waals surface area contributed by atoms with Crippen molar-refractivity contribution in [3.8, 4) is 0 Å². The number of carbonyl (C=O) groups excluding carboxylic acids is 1. The predicted octanol–water partition coefficient (Wildman–Crippen LogP) is 4.70. The zero-order valence-corrected chi connectivity index (χ0v) is 10.2. The van der Waals surface area contributed by atoms with Gasteiger partial charge in [0.15, 0.2) is 0 Å². The molecular weight excluding hydrogens is 184 g/mol. The molecule has 1 heteroatoms. The lowest BCUT2D eigenvalue weighted by Gasteiger charge is -2.01.